The second-order valence-electron chi connectivity index (χ2n) is 13.6. The number of rotatable bonds is 9. The number of hydrogen-bond donors (Lipinski definition) is 0. The third-order valence-electron chi connectivity index (χ3n) is 9.60. The van der Waals surface area contributed by atoms with Gasteiger partial charge in [0.1, 0.15) is 12.2 Å². The fraction of sp³-hybridized carbons (Fsp3) is 0.714. The van der Waals surface area contributed by atoms with E-state index in [0.717, 1.165) is 17.6 Å². The highest BCUT2D eigenvalue weighted by molar-refractivity contribution is 14.1. The zero-order chi connectivity index (χ0) is 32.5. The Hall–Kier alpha value is -1.23. The predicted molar refractivity (Wildman–Crippen MR) is 187 cm³/mol. The topological polar surface area (TPSA) is 71.1 Å². The summed E-state index contributed by atoms with van der Waals surface area (Å²) in [5.41, 5.74) is 3.39. The fourth-order valence-electron chi connectivity index (χ4n) is 7.21. The van der Waals surface area contributed by atoms with E-state index in [9.17, 15) is 9.59 Å². The van der Waals surface area contributed by atoms with Gasteiger partial charge in [0.2, 0.25) is 8.32 Å². The average molecular weight is 729 g/mol. The molecule has 2 bridgehead atoms. The molecule has 0 aromatic carbocycles. The maximum atomic E-state index is 13.3. The van der Waals surface area contributed by atoms with Gasteiger partial charge in [-0.1, -0.05) is 102 Å². The molecule has 8 heteroatoms. The number of hydrogen-bond acceptors (Lipinski definition) is 6. The molecule has 2 heterocycles. The van der Waals surface area contributed by atoms with Gasteiger partial charge in [-0.2, -0.15) is 0 Å². The zero-order valence-electron chi connectivity index (χ0n) is 28.4. The van der Waals surface area contributed by atoms with Crippen LogP contribution in [0.2, 0.25) is 16.6 Å². The van der Waals surface area contributed by atoms with Crippen molar-refractivity contribution in [1.82, 2.24) is 0 Å². The molecule has 1 fully saturated rings. The molecule has 0 aromatic heterocycles. The number of methoxy groups -OCH3 is 1. The summed E-state index contributed by atoms with van der Waals surface area (Å²) in [6.45, 7) is 22.1. The van der Waals surface area contributed by atoms with Gasteiger partial charge in [0.05, 0.1) is 12.2 Å². The SMILES string of the molecule is CO[C@@H](/C(C)=C\I)[C@@H](C)[C@@H]1C[C@H](O[Si](C(C)C)(C(C)C)C(C)C)/C(C)=C/C=C[C@@H](C)[C@H]2C[C@@H](C/C=C/C(=O)O1)CC(=O)O2. The normalized spacial score (nSPS) is 30.1. The first-order valence-corrected chi connectivity index (χ1v) is 19.4. The summed E-state index contributed by atoms with van der Waals surface area (Å²) in [5.74, 6) is -0.443. The highest BCUT2D eigenvalue weighted by Crippen LogP contribution is 2.44. The molecule has 0 radical (unpaired) electrons. The first kappa shape index (κ1) is 38.0. The molecule has 0 saturated carbocycles. The Labute approximate surface area is 276 Å². The minimum atomic E-state index is -2.28. The van der Waals surface area contributed by atoms with Gasteiger partial charge in [-0.05, 0) is 64.5 Å². The van der Waals surface area contributed by atoms with Crippen molar-refractivity contribution in [3.8, 4) is 0 Å². The van der Waals surface area contributed by atoms with Gasteiger partial charge in [-0.15, -0.1) is 0 Å². The number of carbonyl (C=O) groups excluding carboxylic acids is 2. The highest BCUT2D eigenvalue weighted by Gasteiger charge is 2.47. The molecule has 0 N–H and O–H groups in total. The summed E-state index contributed by atoms with van der Waals surface area (Å²) in [4.78, 5) is 25.7. The molecule has 43 heavy (non-hydrogen) atoms. The van der Waals surface area contributed by atoms with E-state index in [1.807, 2.05) is 10.2 Å². The number of allylic oxidation sites excluding steroid dienone is 3. The first-order valence-electron chi connectivity index (χ1n) is 16.1. The molecule has 0 spiro atoms. The van der Waals surface area contributed by atoms with Crippen LogP contribution < -0.4 is 0 Å². The average Bonchev–Trinajstić information content (AvgIpc) is 2.93. The Bertz CT molecular complexity index is 1020. The lowest BCUT2D eigenvalue weighted by Crippen LogP contribution is -2.51. The minimum Gasteiger partial charge on any atom is -0.462 e. The monoisotopic (exact) mass is 728 g/mol. The van der Waals surface area contributed by atoms with Gasteiger partial charge in [-0.3, -0.25) is 4.79 Å². The number of esters is 2. The lowest BCUT2D eigenvalue weighted by Gasteiger charge is -2.45. The molecule has 2 rings (SSSR count). The zero-order valence-corrected chi connectivity index (χ0v) is 31.6. The Kier molecular flexibility index (Phi) is 15.4. The number of fused-ring (bicyclic) bond motifs is 2. The molecule has 2 aliphatic heterocycles. The van der Waals surface area contributed by atoms with Crippen LogP contribution in [0.5, 0.6) is 0 Å². The molecule has 0 aliphatic carbocycles. The summed E-state index contributed by atoms with van der Waals surface area (Å²) < 4.78 is 27.4. The van der Waals surface area contributed by atoms with Crippen molar-refractivity contribution in [1.29, 1.82) is 0 Å². The lowest BCUT2D eigenvalue weighted by molar-refractivity contribution is -0.158. The third-order valence-corrected chi connectivity index (χ3v) is 16.7. The summed E-state index contributed by atoms with van der Waals surface area (Å²) in [6.07, 6.45) is 11.0. The number of halogens is 1. The maximum Gasteiger partial charge on any atom is 0.330 e. The van der Waals surface area contributed by atoms with E-state index < -0.39 is 14.4 Å². The van der Waals surface area contributed by atoms with Gasteiger partial charge in [-0.25, -0.2) is 4.79 Å². The van der Waals surface area contributed by atoms with E-state index >= 15 is 0 Å². The van der Waals surface area contributed by atoms with Crippen molar-refractivity contribution in [2.45, 2.75) is 136 Å². The van der Waals surface area contributed by atoms with Crippen molar-refractivity contribution in [3.63, 3.8) is 0 Å². The van der Waals surface area contributed by atoms with Gasteiger partial charge in [0.15, 0.2) is 0 Å². The second kappa shape index (κ2) is 17.5. The van der Waals surface area contributed by atoms with Crippen molar-refractivity contribution >= 4 is 42.8 Å². The van der Waals surface area contributed by atoms with Crippen molar-refractivity contribution < 1.29 is 28.2 Å². The van der Waals surface area contributed by atoms with E-state index in [1.54, 1.807) is 7.11 Å². The Morgan fingerprint density at radius 1 is 1.05 bits per heavy atom. The molecule has 244 valence electrons. The van der Waals surface area contributed by atoms with Crippen molar-refractivity contribution in [2.75, 3.05) is 7.11 Å². The number of ether oxygens (including phenoxy) is 3. The van der Waals surface area contributed by atoms with Gasteiger partial charge >= 0.3 is 11.9 Å². The standard InChI is InChI=1S/C35H57IO6Si/c1-22(2)43(23(3)4,24(5)6)42-31-20-32(28(10)35(39-11)27(9)21-36)41-33(37)17-13-16-29-18-30(40-34(38)19-29)25(7)14-12-15-26(31)8/h12-15,17,21-25,28-32,35H,16,18-20H2,1-11H3/b14-12?,17-13+,26-15+,27-21-/t25-,28+,29-,30-,31+,32+,35+/m1/s1. The molecular weight excluding hydrogens is 671 g/mol. The molecule has 0 aromatic rings. The lowest BCUT2D eigenvalue weighted by atomic mass is 9.86. The van der Waals surface area contributed by atoms with E-state index in [0.29, 0.717) is 35.9 Å². The Morgan fingerprint density at radius 2 is 1.67 bits per heavy atom. The van der Waals surface area contributed by atoms with Crippen LogP contribution in [-0.4, -0.2) is 51.8 Å². The van der Waals surface area contributed by atoms with Crippen molar-refractivity contribution in [2.24, 2.45) is 17.8 Å². The van der Waals surface area contributed by atoms with Crippen LogP contribution in [0.25, 0.3) is 0 Å². The van der Waals surface area contributed by atoms with Crippen LogP contribution in [0.1, 0.15) is 94.9 Å². The molecule has 7 atom stereocenters. The quantitative estimate of drug-likeness (QED) is 0.134. The summed E-state index contributed by atoms with van der Waals surface area (Å²) in [5, 5.41) is 0. The molecule has 2 aliphatic rings. The van der Waals surface area contributed by atoms with E-state index in [2.05, 4.69) is 110 Å². The van der Waals surface area contributed by atoms with Crippen LogP contribution in [0.4, 0.5) is 0 Å². The van der Waals surface area contributed by atoms with Crippen LogP contribution in [0.15, 0.2) is 45.6 Å². The van der Waals surface area contributed by atoms with Gasteiger partial charge in [0, 0.05) is 37.9 Å². The van der Waals surface area contributed by atoms with Crippen LogP contribution in [0, 0.1) is 17.8 Å². The second-order valence-corrected chi connectivity index (χ2v) is 19.7. The van der Waals surface area contributed by atoms with E-state index in [4.69, 9.17) is 18.6 Å². The minimum absolute atomic E-state index is 0.0748. The summed E-state index contributed by atoms with van der Waals surface area (Å²) in [6, 6.07) is 0. The molecule has 0 amide bonds. The third kappa shape index (κ3) is 10.1. The Balaban J connectivity index is 2.66. The maximum absolute atomic E-state index is 13.3. The summed E-state index contributed by atoms with van der Waals surface area (Å²) in [7, 11) is -0.572. The number of cyclic esters (lactones) is 1. The van der Waals surface area contributed by atoms with Crippen LogP contribution >= 0.6 is 22.6 Å². The first-order chi connectivity index (χ1) is 20.2. The number of carbonyl (C=O) groups is 2. The smallest absolute Gasteiger partial charge is 0.330 e. The van der Waals surface area contributed by atoms with Crippen LogP contribution in [0.3, 0.4) is 0 Å². The predicted octanol–water partition coefficient (Wildman–Crippen LogP) is 9.26. The van der Waals surface area contributed by atoms with E-state index in [1.165, 1.54) is 6.08 Å². The highest BCUT2D eigenvalue weighted by atomic mass is 127. The van der Waals surface area contributed by atoms with E-state index in [-0.39, 0.29) is 48.0 Å². The van der Waals surface area contributed by atoms with Gasteiger partial charge in [0.25, 0.3) is 0 Å². The molecular formula is C35H57IO6Si. The van der Waals surface area contributed by atoms with Crippen molar-refractivity contribution in [3.05, 3.63) is 45.6 Å². The van der Waals surface area contributed by atoms with Gasteiger partial charge < -0.3 is 18.6 Å². The summed E-state index contributed by atoms with van der Waals surface area (Å²) >= 11 is 2.24. The Morgan fingerprint density at radius 3 is 2.23 bits per heavy atom. The molecule has 6 nitrogen and oxygen atoms in total. The van der Waals surface area contributed by atoms with Crippen LogP contribution in [-0.2, 0) is 28.2 Å². The largest absolute Gasteiger partial charge is 0.462 e. The molecule has 0 unspecified atom stereocenters. The fourth-order valence-corrected chi connectivity index (χ4v) is 13.2. The molecule has 1 saturated heterocycles.